The fraction of sp³-hybridized carbons (Fsp3) is 0.0476. The highest BCUT2D eigenvalue weighted by molar-refractivity contribution is 6.10. The number of nitrogens with zero attached hydrogens (tertiary/aromatic N) is 1. The number of hydrogen-bond acceptors (Lipinski definition) is 6. The Morgan fingerprint density at radius 2 is 1.89 bits per heavy atom. The Balaban J connectivity index is 1.80. The molecule has 27 heavy (non-hydrogen) atoms. The predicted octanol–water partition coefficient (Wildman–Crippen LogP) is 4.14. The first kappa shape index (κ1) is 18.0. The molecule has 1 heterocycles. The molecule has 0 aliphatic heterocycles. The monoisotopic (exact) mass is 362 g/mol. The number of pyridine rings is 1. The number of ether oxygens (including phenoxy) is 1. The zero-order valence-corrected chi connectivity index (χ0v) is 14.6. The second-order valence-corrected chi connectivity index (χ2v) is 5.70. The van der Waals surface area contributed by atoms with Gasteiger partial charge in [0, 0.05) is 11.9 Å². The molecule has 2 aromatic carbocycles. The van der Waals surface area contributed by atoms with Gasteiger partial charge in [-0.3, -0.25) is 4.79 Å². The average molecular weight is 362 g/mol. The molecule has 3 N–H and O–H groups in total. The fourth-order valence-corrected chi connectivity index (χ4v) is 2.46. The molecule has 1 aromatic heterocycles. The van der Waals surface area contributed by atoms with Crippen LogP contribution in [0.3, 0.4) is 0 Å². The topological polar surface area (TPSA) is 91.7 Å². The molecule has 0 bridgehead atoms. The number of carbonyl (C=O) groups is 1. The lowest BCUT2D eigenvalue weighted by Gasteiger charge is -2.09. The van der Waals surface area contributed by atoms with Crippen molar-refractivity contribution in [1.82, 2.24) is 4.98 Å². The smallest absolute Gasteiger partial charge is 0.189 e. The van der Waals surface area contributed by atoms with Crippen LogP contribution in [0.4, 0.5) is 11.5 Å². The summed E-state index contributed by atoms with van der Waals surface area (Å²) in [5.74, 6) is 0.702. The molecular formula is C21H18N2O4. The van der Waals surface area contributed by atoms with E-state index in [1.54, 1.807) is 60.8 Å². The van der Waals surface area contributed by atoms with Crippen LogP contribution in [0, 0.1) is 0 Å². The van der Waals surface area contributed by atoms with E-state index in [4.69, 9.17) is 4.74 Å². The van der Waals surface area contributed by atoms with Crippen molar-refractivity contribution in [3.63, 3.8) is 0 Å². The summed E-state index contributed by atoms with van der Waals surface area (Å²) in [5, 5.41) is 22.3. The van der Waals surface area contributed by atoms with Crippen LogP contribution in [0.15, 0.2) is 66.9 Å². The van der Waals surface area contributed by atoms with Crippen LogP contribution in [-0.2, 0) is 0 Å². The van der Waals surface area contributed by atoms with Gasteiger partial charge in [-0.05, 0) is 60.2 Å². The zero-order valence-electron chi connectivity index (χ0n) is 14.6. The first-order chi connectivity index (χ1) is 13.1. The van der Waals surface area contributed by atoms with Crippen LogP contribution in [0.2, 0.25) is 0 Å². The van der Waals surface area contributed by atoms with E-state index in [1.165, 1.54) is 19.3 Å². The van der Waals surface area contributed by atoms with Crippen LogP contribution < -0.4 is 10.1 Å². The number of benzene rings is 2. The summed E-state index contributed by atoms with van der Waals surface area (Å²) in [7, 11) is 1.47. The van der Waals surface area contributed by atoms with E-state index in [-0.39, 0.29) is 17.3 Å². The van der Waals surface area contributed by atoms with Gasteiger partial charge < -0.3 is 20.3 Å². The van der Waals surface area contributed by atoms with Gasteiger partial charge in [-0.25, -0.2) is 4.98 Å². The highest BCUT2D eigenvalue weighted by Crippen LogP contribution is 2.27. The summed E-state index contributed by atoms with van der Waals surface area (Å²) in [6, 6.07) is 14.7. The molecule has 0 saturated carbocycles. The van der Waals surface area contributed by atoms with Crippen molar-refractivity contribution in [3.05, 3.63) is 78.0 Å². The fourth-order valence-electron chi connectivity index (χ4n) is 2.46. The minimum atomic E-state index is -0.236. The molecule has 0 spiro atoms. The van der Waals surface area contributed by atoms with E-state index < -0.39 is 0 Å². The maximum absolute atomic E-state index is 12.6. The van der Waals surface area contributed by atoms with Crippen molar-refractivity contribution in [2.24, 2.45) is 0 Å². The van der Waals surface area contributed by atoms with E-state index in [0.717, 1.165) is 0 Å². The summed E-state index contributed by atoms with van der Waals surface area (Å²) >= 11 is 0. The molecule has 6 heteroatoms. The molecule has 0 aliphatic rings. The second-order valence-electron chi connectivity index (χ2n) is 5.70. The Hall–Kier alpha value is -3.80. The van der Waals surface area contributed by atoms with Crippen molar-refractivity contribution in [3.8, 4) is 17.2 Å². The minimum absolute atomic E-state index is 0.00293. The van der Waals surface area contributed by atoms with Gasteiger partial charge in [-0.1, -0.05) is 12.1 Å². The number of phenols is 2. The standard InChI is InChI=1S/C21H18N2O4/c1-27-20-11-5-14(13-19(20)26)4-10-18(25)17-3-2-12-22-21(17)23-15-6-8-16(24)9-7-15/h2-13,24,26H,1H3,(H,22,23). The Labute approximate surface area is 156 Å². The highest BCUT2D eigenvalue weighted by Gasteiger charge is 2.10. The lowest BCUT2D eigenvalue weighted by atomic mass is 10.1. The van der Waals surface area contributed by atoms with Crippen LogP contribution >= 0.6 is 0 Å². The number of aromatic nitrogens is 1. The van der Waals surface area contributed by atoms with E-state index in [9.17, 15) is 15.0 Å². The zero-order chi connectivity index (χ0) is 19.2. The number of hydrogen-bond donors (Lipinski definition) is 3. The van der Waals surface area contributed by atoms with Gasteiger partial charge in [0.05, 0.1) is 12.7 Å². The van der Waals surface area contributed by atoms with Crippen LogP contribution in [0.1, 0.15) is 15.9 Å². The Kier molecular flexibility index (Phi) is 5.37. The molecule has 0 unspecified atom stereocenters. The molecule has 0 fully saturated rings. The molecule has 3 rings (SSSR count). The Bertz CT molecular complexity index is 982. The SMILES string of the molecule is COc1ccc(C=CC(=O)c2cccnc2Nc2ccc(O)cc2)cc1O. The number of anilines is 2. The number of ketones is 1. The number of aromatic hydroxyl groups is 2. The van der Waals surface area contributed by atoms with Crippen LogP contribution in [0.25, 0.3) is 6.08 Å². The molecule has 0 radical (unpaired) electrons. The molecule has 3 aromatic rings. The number of rotatable bonds is 6. The van der Waals surface area contributed by atoms with Crippen molar-refractivity contribution in [2.45, 2.75) is 0 Å². The molecule has 0 aliphatic carbocycles. The third-order valence-corrected chi connectivity index (χ3v) is 3.83. The van der Waals surface area contributed by atoms with Crippen molar-refractivity contribution < 1.29 is 19.7 Å². The van der Waals surface area contributed by atoms with Gasteiger partial charge in [0.1, 0.15) is 11.6 Å². The summed E-state index contributed by atoms with van der Waals surface area (Å²) in [5.41, 5.74) is 1.77. The van der Waals surface area contributed by atoms with Gasteiger partial charge in [-0.15, -0.1) is 0 Å². The van der Waals surface area contributed by atoms with Crippen LogP contribution in [0.5, 0.6) is 17.2 Å². The van der Waals surface area contributed by atoms with Gasteiger partial charge in [0.15, 0.2) is 17.3 Å². The van der Waals surface area contributed by atoms with Crippen molar-refractivity contribution in [2.75, 3.05) is 12.4 Å². The third kappa shape index (κ3) is 4.43. The van der Waals surface area contributed by atoms with Crippen molar-refractivity contribution >= 4 is 23.4 Å². The maximum Gasteiger partial charge on any atom is 0.189 e. The third-order valence-electron chi connectivity index (χ3n) is 3.83. The average Bonchev–Trinajstić information content (AvgIpc) is 2.68. The van der Waals surface area contributed by atoms with E-state index in [0.29, 0.717) is 28.4 Å². The summed E-state index contributed by atoms with van der Waals surface area (Å²) in [6.07, 6.45) is 4.61. The second kappa shape index (κ2) is 8.05. The largest absolute Gasteiger partial charge is 0.508 e. The quantitative estimate of drug-likeness (QED) is 0.347. The summed E-state index contributed by atoms with van der Waals surface area (Å²) < 4.78 is 5.00. The Morgan fingerprint density at radius 1 is 1.11 bits per heavy atom. The number of allylic oxidation sites excluding steroid dienone is 1. The first-order valence-electron chi connectivity index (χ1n) is 8.17. The molecule has 6 nitrogen and oxygen atoms in total. The molecule has 0 saturated heterocycles. The van der Waals surface area contributed by atoms with Gasteiger partial charge >= 0.3 is 0 Å². The lowest BCUT2D eigenvalue weighted by molar-refractivity contribution is 0.104. The number of nitrogens with one attached hydrogen (secondary N) is 1. The van der Waals surface area contributed by atoms with E-state index in [1.807, 2.05) is 0 Å². The number of carbonyl (C=O) groups excluding carboxylic acids is 1. The summed E-state index contributed by atoms with van der Waals surface area (Å²) in [4.78, 5) is 16.8. The molecular weight excluding hydrogens is 344 g/mol. The number of methoxy groups -OCH3 is 1. The first-order valence-corrected chi connectivity index (χ1v) is 8.17. The molecule has 136 valence electrons. The van der Waals surface area contributed by atoms with E-state index >= 15 is 0 Å². The normalized spacial score (nSPS) is 10.7. The van der Waals surface area contributed by atoms with E-state index in [2.05, 4.69) is 10.3 Å². The number of phenolic OH excluding ortho intramolecular Hbond substituents is 2. The van der Waals surface area contributed by atoms with Crippen LogP contribution in [-0.4, -0.2) is 28.1 Å². The minimum Gasteiger partial charge on any atom is -0.508 e. The van der Waals surface area contributed by atoms with Gasteiger partial charge in [0.2, 0.25) is 0 Å². The maximum atomic E-state index is 12.6. The predicted molar refractivity (Wildman–Crippen MR) is 104 cm³/mol. The summed E-state index contributed by atoms with van der Waals surface area (Å²) in [6.45, 7) is 0. The molecule has 0 atom stereocenters. The van der Waals surface area contributed by atoms with Gasteiger partial charge in [-0.2, -0.15) is 0 Å². The molecule has 0 amide bonds. The lowest BCUT2D eigenvalue weighted by Crippen LogP contribution is -2.03. The van der Waals surface area contributed by atoms with Gasteiger partial charge in [0.25, 0.3) is 0 Å². The van der Waals surface area contributed by atoms with Crippen molar-refractivity contribution in [1.29, 1.82) is 0 Å². The Morgan fingerprint density at radius 3 is 2.59 bits per heavy atom. The highest BCUT2D eigenvalue weighted by atomic mass is 16.5.